The second-order valence-electron chi connectivity index (χ2n) is 5.46. The number of carbonyl (C=O) groups is 1. The second kappa shape index (κ2) is 6.42. The molecule has 7 heteroatoms. The molecule has 120 valence electrons. The molecule has 1 saturated heterocycles. The van der Waals surface area contributed by atoms with Crippen LogP contribution in [0.2, 0.25) is 5.02 Å². The van der Waals surface area contributed by atoms with Crippen LogP contribution >= 0.6 is 11.6 Å². The molecule has 2 aromatic rings. The number of H-pyrrole nitrogens is 1. The van der Waals surface area contributed by atoms with E-state index in [4.69, 9.17) is 11.6 Å². The number of benzene rings is 1. The number of hydrogen-bond donors (Lipinski definition) is 1. The number of nitrogens with one attached hydrogen (secondary N) is 1. The largest absolute Gasteiger partial charge is 0.368 e. The molecule has 0 radical (unpaired) electrons. The smallest absolute Gasteiger partial charge is 0.272 e. The van der Waals surface area contributed by atoms with Gasteiger partial charge in [0.05, 0.1) is 6.33 Å². The van der Waals surface area contributed by atoms with Crippen LogP contribution in [0, 0.1) is 6.92 Å². The normalized spacial score (nSPS) is 14.9. The maximum atomic E-state index is 12.4. The number of aromatic amines is 1. The minimum atomic E-state index is -0.323. The third-order valence-corrected chi connectivity index (χ3v) is 4.45. The van der Waals surface area contributed by atoms with Crippen LogP contribution in [0.25, 0.3) is 0 Å². The lowest BCUT2D eigenvalue weighted by Gasteiger charge is -2.36. The fourth-order valence-corrected chi connectivity index (χ4v) is 2.91. The van der Waals surface area contributed by atoms with Gasteiger partial charge < -0.3 is 14.8 Å². The molecule has 0 saturated carbocycles. The van der Waals surface area contributed by atoms with Gasteiger partial charge in [-0.2, -0.15) is 0 Å². The SMILES string of the molecule is Cc1c(Cl)cccc1N1CCN(C(=O)c2cc(=O)[nH]cn2)CC1. The van der Waals surface area contributed by atoms with Crippen molar-refractivity contribution in [3.8, 4) is 0 Å². The van der Waals surface area contributed by atoms with Gasteiger partial charge in [0.1, 0.15) is 5.69 Å². The number of carbonyl (C=O) groups excluding carboxylic acids is 1. The summed E-state index contributed by atoms with van der Waals surface area (Å²) in [5.41, 5.74) is 2.00. The minimum Gasteiger partial charge on any atom is -0.368 e. The van der Waals surface area contributed by atoms with Gasteiger partial charge in [-0.3, -0.25) is 9.59 Å². The molecule has 0 aliphatic carbocycles. The summed E-state index contributed by atoms with van der Waals surface area (Å²) in [6.45, 7) is 4.60. The zero-order valence-electron chi connectivity index (χ0n) is 12.8. The summed E-state index contributed by atoms with van der Waals surface area (Å²) < 4.78 is 0. The first kappa shape index (κ1) is 15.6. The first-order valence-corrected chi connectivity index (χ1v) is 7.78. The summed E-state index contributed by atoms with van der Waals surface area (Å²) in [5.74, 6) is -0.210. The highest BCUT2D eigenvalue weighted by Crippen LogP contribution is 2.27. The zero-order chi connectivity index (χ0) is 16.4. The van der Waals surface area contributed by atoms with Gasteiger partial charge in [-0.25, -0.2) is 4.98 Å². The average Bonchev–Trinajstić information content (AvgIpc) is 2.57. The first-order chi connectivity index (χ1) is 11.1. The molecule has 0 bridgehead atoms. The Hall–Kier alpha value is -2.34. The Labute approximate surface area is 138 Å². The Morgan fingerprint density at radius 2 is 2.00 bits per heavy atom. The first-order valence-electron chi connectivity index (χ1n) is 7.40. The van der Waals surface area contributed by atoms with E-state index in [0.29, 0.717) is 13.1 Å². The average molecular weight is 333 g/mol. The number of hydrogen-bond acceptors (Lipinski definition) is 4. The maximum Gasteiger partial charge on any atom is 0.272 e. The molecule has 0 spiro atoms. The molecule has 0 unspecified atom stereocenters. The van der Waals surface area contributed by atoms with Crippen LogP contribution in [0.3, 0.4) is 0 Å². The van der Waals surface area contributed by atoms with Crippen LogP contribution < -0.4 is 10.5 Å². The van der Waals surface area contributed by atoms with E-state index in [1.165, 1.54) is 12.4 Å². The van der Waals surface area contributed by atoms with Crippen molar-refractivity contribution in [2.24, 2.45) is 0 Å². The van der Waals surface area contributed by atoms with Crippen molar-refractivity contribution in [2.75, 3.05) is 31.1 Å². The van der Waals surface area contributed by atoms with Crippen LogP contribution in [-0.4, -0.2) is 47.0 Å². The molecular weight excluding hydrogens is 316 g/mol. The molecule has 1 aromatic carbocycles. The molecule has 1 fully saturated rings. The molecule has 1 aliphatic rings. The Morgan fingerprint density at radius 3 is 2.70 bits per heavy atom. The third-order valence-electron chi connectivity index (χ3n) is 4.04. The van der Waals surface area contributed by atoms with E-state index in [1.807, 2.05) is 25.1 Å². The van der Waals surface area contributed by atoms with Gasteiger partial charge in [0.2, 0.25) is 0 Å². The molecule has 1 aliphatic heterocycles. The lowest BCUT2D eigenvalue weighted by molar-refractivity contribution is 0.0740. The van der Waals surface area contributed by atoms with E-state index in [0.717, 1.165) is 29.4 Å². The summed E-state index contributed by atoms with van der Waals surface area (Å²) in [5, 5.41) is 0.744. The third kappa shape index (κ3) is 3.22. The Kier molecular flexibility index (Phi) is 4.34. The van der Waals surface area contributed by atoms with Crippen molar-refractivity contribution < 1.29 is 4.79 Å². The minimum absolute atomic E-state index is 0.182. The molecular formula is C16H17ClN4O2. The predicted octanol–water partition coefficient (Wildman–Crippen LogP) is 1.69. The van der Waals surface area contributed by atoms with Gasteiger partial charge in [0.25, 0.3) is 11.5 Å². The predicted molar refractivity (Wildman–Crippen MR) is 89.2 cm³/mol. The van der Waals surface area contributed by atoms with Gasteiger partial charge in [0.15, 0.2) is 0 Å². The Balaban J connectivity index is 1.70. The number of rotatable bonds is 2. The van der Waals surface area contributed by atoms with Crippen molar-refractivity contribution >= 4 is 23.2 Å². The van der Waals surface area contributed by atoms with Crippen molar-refractivity contribution in [3.05, 3.63) is 57.2 Å². The molecule has 2 heterocycles. The lowest BCUT2D eigenvalue weighted by atomic mass is 10.1. The molecule has 0 atom stereocenters. The molecule has 1 aromatic heterocycles. The highest BCUT2D eigenvalue weighted by atomic mass is 35.5. The second-order valence-corrected chi connectivity index (χ2v) is 5.87. The quantitative estimate of drug-likeness (QED) is 0.908. The van der Waals surface area contributed by atoms with Crippen molar-refractivity contribution in [1.29, 1.82) is 0 Å². The van der Waals surface area contributed by atoms with Crippen molar-refractivity contribution in [3.63, 3.8) is 0 Å². The van der Waals surface area contributed by atoms with E-state index in [9.17, 15) is 9.59 Å². The molecule has 1 amide bonds. The summed E-state index contributed by atoms with van der Waals surface area (Å²) in [6.07, 6.45) is 1.25. The van der Waals surface area contributed by atoms with E-state index in [2.05, 4.69) is 14.9 Å². The number of amides is 1. The van der Waals surface area contributed by atoms with Crippen LogP contribution in [0.5, 0.6) is 0 Å². The lowest BCUT2D eigenvalue weighted by Crippen LogP contribution is -2.49. The maximum absolute atomic E-state index is 12.4. The van der Waals surface area contributed by atoms with Crippen molar-refractivity contribution in [1.82, 2.24) is 14.9 Å². The monoisotopic (exact) mass is 332 g/mol. The Morgan fingerprint density at radius 1 is 1.26 bits per heavy atom. The number of piperazine rings is 1. The van der Waals surface area contributed by atoms with Gasteiger partial charge in [-0.1, -0.05) is 17.7 Å². The van der Waals surface area contributed by atoms with Crippen LogP contribution in [0.4, 0.5) is 5.69 Å². The molecule has 23 heavy (non-hydrogen) atoms. The highest BCUT2D eigenvalue weighted by Gasteiger charge is 2.24. The van der Waals surface area contributed by atoms with E-state index in [1.54, 1.807) is 4.90 Å². The number of halogens is 1. The van der Waals surface area contributed by atoms with Crippen LogP contribution in [0.15, 0.2) is 35.4 Å². The molecule has 3 rings (SSSR count). The van der Waals surface area contributed by atoms with E-state index < -0.39 is 0 Å². The van der Waals surface area contributed by atoms with Gasteiger partial charge in [-0.15, -0.1) is 0 Å². The van der Waals surface area contributed by atoms with Gasteiger partial charge >= 0.3 is 0 Å². The molecule has 6 nitrogen and oxygen atoms in total. The summed E-state index contributed by atoms with van der Waals surface area (Å²) in [6, 6.07) is 7.08. The summed E-state index contributed by atoms with van der Waals surface area (Å²) in [7, 11) is 0. The fraction of sp³-hybridized carbons (Fsp3) is 0.312. The number of aromatic nitrogens is 2. The van der Waals surface area contributed by atoms with E-state index >= 15 is 0 Å². The number of nitrogens with zero attached hydrogens (tertiary/aromatic N) is 3. The zero-order valence-corrected chi connectivity index (χ0v) is 13.5. The number of anilines is 1. The highest BCUT2D eigenvalue weighted by molar-refractivity contribution is 6.31. The van der Waals surface area contributed by atoms with Crippen LogP contribution in [-0.2, 0) is 0 Å². The van der Waals surface area contributed by atoms with Gasteiger partial charge in [0, 0.05) is 43.0 Å². The van der Waals surface area contributed by atoms with Gasteiger partial charge in [-0.05, 0) is 24.6 Å². The fourth-order valence-electron chi connectivity index (χ4n) is 2.74. The topological polar surface area (TPSA) is 69.3 Å². The molecule has 1 N–H and O–H groups in total. The summed E-state index contributed by atoms with van der Waals surface area (Å²) >= 11 is 6.18. The van der Waals surface area contributed by atoms with Crippen LogP contribution in [0.1, 0.15) is 16.1 Å². The standard InChI is InChI=1S/C16H17ClN4O2/c1-11-12(17)3-2-4-14(11)20-5-7-21(8-6-20)16(23)13-9-15(22)19-10-18-13/h2-4,9-10H,5-8H2,1H3,(H,18,19,22). The van der Waals surface area contributed by atoms with E-state index in [-0.39, 0.29) is 17.2 Å². The van der Waals surface area contributed by atoms with Crippen molar-refractivity contribution in [2.45, 2.75) is 6.92 Å². The summed E-state index contributed by atoms with van der Waals surface area (Å²) in [4.78, 5) is 34.0. The Bertz CT molecular complexity index is 782.